The number of hydrogen-bond donors (Lipinski definition) is 1. The van der Waals surface area contributed by atoms with Gasteiger partial charge in [-0.1, -0.05) is 60.7 Å². The molecule has 0 spiro atoms. The number of carbonyl (C=O) groups excluding carboxylic acids is 1. The van der Waals surface area contributed by atoms with Crippen LogP contribution in [0.2, 0.25) is 0 Å². The van der Waals surface area contributed by atoms with Gasteiger partial charge < -0.3 is 15.0 Å². The molecule has 4 nitrogen and oxygen atoms in total. The molecule has 4 rings (SSSR count). The first-order valence-electron chi connectivity index (χ1n) is 9.70. The molecule has 142 valence electrons. The second-order valence-corrected chi connectivity index (χ2v) is 6.81. The first kappa shape index (κ1) is 18.1. The highest BCUT2D eigenvalue weighted by Gasteiger charge is 2.33. The molecule has 3 aromatic carbocycles. The predicted octanol–water partition coefficient (Wildman–Crippen LogP) is 4.89. The summed E-state index contributed by atoms with van der Waals surface area (Å²) in [6.45, 7) is 3.20. The van der Waals surface area contributed by atoms with Gasteiger partial charge in [-0.05, 0) is 30.7 Å². The van der Waals surface area contributed by atoms with Crippen molar-refractivity contribution in [2.75, 3.05) is 18.5 Å². The van der Waals surface area contributed by atoms with E-state index in [0.29, 0.717) is 18.7 Å². The minimum Gasteiger partial charge on any atom is -0.493 e. The molecule has 1 heterocycles. The number of amides is 1. The molecule has 1 aliphatic heterocycles. The second kappa shape index (κ2) is 8.17. The van der Waals surface area contributed by atoms with Crippen molar-refractivity contribution >= 4 is 11.6 Å². The number of ether oxygens (including phenoxy) is 1. The quantitative estimate of drug-likeness (QED) is 0.669. The lowest BCUT2D eigenvalue weighted by Crippen LogP contribution is -2.42. The number of rotatable bonds is 6. The molecule has 0 saturated carbocycles. The topological polar surface area (TPSA) is 41.6 Å². The van der Waals surface area contributed by atoms with Crippen LogP contribution in [0.4, 0.5) is 5.69 Å². The minimum absolute atomic E-state index is 0.0425. The van der Waals surface area contributed by atoms with Gasteiger partial charge in [-0.15, -0.1) is 0 Å². The first-order chi connectivity index (χ1) is 13.8. The van der Waals surface area contributed by atoms with E-state index in [2.05, 4.69) is 17.4 Å². The molecule has 0 aliphatic carbocycles. The zero-order chi connectivity index (χ0) is 19.3. The molecule has 0 radical (unpaired) electrons. The Morgan fingerprint density at radius 2 is 1.64 bits per heavy atom. The van der Waals surface area contributed by atoms with E-state index in [9.17, 15) is 4.79 Å². The SMILES string of the molecule is CCN1C(=O)c2ccccc2NC1c1ccccc1OCCc1ccccc1. The number of para-hydroxylation sites is 2. The minimum atomic E-state index is -0.250. The molecular formula is C24H24N2O2. The lowest BCUT2D eigenvalue weighted by Gasteiger charge is -2.38. The second-order valence-electron chi connectivity index (χ2n) is 6.81. The van der Waals surface area contributed by atoms with Crippen LogP contribution in [-0.2, 0) is 6.42 Å². The molecule has 0 bridgehead atoms. The van der Waals surface area contributed by atoms with Crippen LogP contribution < -0.4 is 10.1 Å². The summed E-state index contributed by atoms with van der Waals surface area (Å²) in [7, 11) is 0. The van der Waals surface area contributed by atoms with Gasteiger partial charge in [0, 0.05) is 24.2 Å². The first-order valence-corrected chi connectivity index (χ1v) is 9.70. The van der Waals surface area contributed by atoms with Crippen molar-refractivity contribution in [3.8, 4) is 5.75 Å². The third-order valence-electron chi connectivity index (χ3n) is 5.07. The van der Waals surface area contributed by atoms with Gasteiger partial charge in [-0.3, -0.25) is 4.79 Å². The van der Waals surface area contributed by atoms with E-state index in [0.717, 1.165) is 23.4 Å². The van der Waals surface area contributed by atoms with Crippen molar-refractivity contribution in [1.82, 2.24) is 4.90 Å². The fourth-order valence-corrected chi connectivity index (χ4v) is 3.63. The van der Waals surface area contributed by atoms with Gasteiger partial charge in [0.15, 0.2) is 0 Å². The average molecular weight is 372 g/mol. The third-order valence-corrected chi connectivity index (χ3v) is 5.07. The molecule has 28 heavy (non-hydrogen) atoms. The van der Waals surface area contributed by atoms with Crippen molar-refractivity contribution in [2.45, 2.75) is 19.5 Å². The van der Waals surface area contributed by atoms with Gasteiger partial charge in [0.2, 0.25) is 0 Å². The Morgan fingerprint density at radius 1 is 0.929 bits per heavy atom. The zero-order valence-corrected chi connectivity index (χ0v) is 16.0. The zero-order valence-electron chi connectivity index (χ0n) is 16.0. The van der Waals surface area contributed by atoms with Crippen LogP contribution in [0.25, 0.3) is 0 Å². The predicted molar refractivity (Wildman–Crippen MR) is 112 cm³/mol. The summed E-state index contributed by atoms with van der Waals surface area (Å²) in [5.41, 5.74) is 3.79. The Balaban J connectivity index is 1.58. The largest absolute Gasteiger partial charge is 0.493 e. The number of benzene rings is 3. The van der Waals surface area contributed by atoms with E-state index in [1.807, 2.05) is 78.6 Å². The highest BCUT2D eigenvalue weighted by Crippen LogP contribution is 2.36. The number of hydrogen-bond acceptors (Lipinski definition) is 3. The summed E-state index contributed by atoms with van der Waals surface area (Å²) in [4.78, 5) is 14.8. The van der Waals surface area contributed by atoms with Crippen LogP contribution in [0, 0.1) is 0 Å². The fraction of sp³-hybridized carbons (Fsp3) is 0.208. The normalized spacial score (nSPS) is 15.7. The van der Waals surface area contributed by atoms with Crippen LogP contribution in [-0.4, -0.2) is 24.0 Å². The summed E-state index contributed by atoms with van der Waals surface area (Å²) in [5, 5.41) is 3.52. The van der Waals surface area contributed by atoms with E-state index in [1.165, 1.54) is 5.56 Å². The van der Waals surface area contributed by atoms with Gasteiger partial charge in [0.05, 0.1) is 12.2 Å². The molecule has 0 fully saturated rings. The summed E-state index contributed by atoms with van der Waals surface area (Å²) < 4.78 is 6.13. The summed E-state index contributed by atoms with van der Waals surface area (Å²) in [6, 6.07) is 25.9. The average Bonchev–Trinajstić information content (AvgIpc) is 2.75. The molecule has 1 atom stereocenters. The highest BCUT2D eigenvalue weighted by atomic mass is 16.5. The van der Waals surface area contributed by atoms with Gasteiger partial charge in [-0.2, -0.15) is 0 Å². The van der Waals surface area contributed by atoms with E-state index < -0.39 is 0 Å². The highest BCUT2D eigenvalue weighted by molar-refractivity contribution is 6.01. The summed E-state index contributed by atoms with van der Waals surface area (Å²) >= 11 is 0. The monoisotopic (exact) mass is 372 g/mol. The van der Waals surface area contributed by atoms with Crippen LogP contribution >= 0.6 is 0 Å². The lowest BCUT2D eigenvalue weighted by atomic mass is 10.0. The van der Waals surface area contributed by atoms with Crippen molar-refractivity contribution in [2.24, 2.45) is 0 Å². The van der Waals surface area contributed by atoms with Gasteiger partial charge in [0.25, 0.3) is 5.91 Å². The van der Waals surface area contributed by atoms with Crippen LogP contribution in [0.1, 0.15) is 34.6 Å². The molecule has 1 aliphatic rings. The third kappa shape index (κ3) is 3.58. The van der Waals surface area contributed by atoms with Crippen LogP contribution in [0.3, 0.4) is 0 Å². The van der Waals surface area contributed by atoms with E-state index in [1.54, 1.807) is 0 Å². The Bertz CT molecular complexity index is 956. The molecular weight excluding hydrogens is 348 g/mol. The Labute approximate surface area is 165 Å². The summed E-state index contributed by atoms with van der Waals surface area (Å²) in [6.07, 6.45) is 0.590. The Kier molecular flexibility index (Phi) is 5.29. The molecule has 0 saturated heterocycles. The van der Waals surface area contributed by atoms with E-state index in [4.69, 9.17) is 4.74 Å². The van der Waals surface area contributed by atoms with E-state index in [-0.39, 0.29) is 12.1 Å². The van der Waals surface area contributed by atoms with Crippen molar-refractivity contribution in [3.05, 3.63) is 95.6 Å². The molecule has 0 aromatic heterocycles. The molecule has 1 N–H and O–H groups in total. The maximum Gasteiger partial charge on any atom is 0.257 e. The fourth-order valence-electron chi connectivity index (χ4n) is 3.63. The molecule has 1 unspecified atom stereocenters. The number of nitrogens with zero attached hydrogens (tertiary/aromatic N) is 1. The molecule has 3 aromatic rings. The van der Waals surface area contributed by atoms with Crippen molar-refractivity contribution < 1.29 is 9.53 Å². The molecule has 4 heteroatoms. The van der Waals surface area contributed by atoms with Crippen LogP contribution in [0.5, 0.6) is 5.75 Å². The molecule has 1 amide bonds. The van der Waals surface area contributed by atoms with Gasteiger partial charge in [-0.25, -0.2) is 0 Å². The summed E-state index contributed by atoms with van der Waals surface area (Å²) in [5.74, 6) is 0.850. The van der Waals surface area contributed by atoms with Crippen molar-refractivity contribution in [1.29, 1.82) is 0 Å². The standard InChI is InChI=1S/C24H24N2O2/c1-2-26-23(25-21-14-8-6-12-19(21)24(26)27)20-13-7-9-15-22(20)28-17-16-18-10-4-3-5-11-18/h3-15,23,25H,2,16-17H2,1H3. The smallest absolute Gasteiger partial charge is 0.257 e. The lowest BCUT2D eigenvalue weighted by molar-refractivity contribution is 0.0692. The van der Waals surface area contributed by atoms with Crippen LogP contribution in [0.15, 0.2) is 78.9 Å². The van der Waals surface area contributed by atoms with Gasteiger partial charge in [0.1, 0.15) is 11.9 Å². The Hall–Kier alpha value is -3.27. The number of carbonyl (C=O) groups is 1. The van der Waals surface area contributed by atoms with E-state index >= 15 is 0 Å². The Morgan fingerprint density at radius 3 is 2.46 bits per heavy atom. The number of fused-ring (bicyclic) bond motifs is 1. The van der Waals surface area contributed by atoms with Crippen molar-refractivity contribution in [3.63, 3.8) is 0 Å². The number of anilines is 1. The van der Waals surface area contributed by atoms with Gasteiger partial charge >= 0.3 is 0 Å². The number of nitrogens with one attached hydrogen (secondary N) is 1. The maximum absolute atomic E-state index is 13.0. The maximum atomic E-state index is 13.0.